The molecule has 10 nitrogen and oxygen atoms in total. The van der Waals surface area contributed by atoms with Crippen LogP contribution in [0.15, 0.2) is 33.9 Å². The van der Waals surface area contributed by atoms with Gasteiger partial charge in [0.05, 0.1) is 5.69 Å². The molecule has 1 N–H and O–H groups in total. The first-order valence-electron chi connectivity index (χ1n) is 9.23. The summed E-state index contributed by atoms with van der Waals surface area (Å²) < 4.78 is 20.9. The van der Waals surface area contributed by atoms with Crippen molar-refractivity contribution in [3.63, 3.8) is 0 Å². The van der Waals surface area contributed by atoms with Crippen molar-refractivity contribution < 1.29 is 9.13 Å². The second-order valence-corrected chi connectivity index (χ2v) is 6.67. The zero-order valence-electron chi connectivity index (χ0n) is 15.8. The summed E-state index contributed by atoms with van der Waals surface area (Å²) in [4.78, 5) is 31.6. The van der Waals surface area contributed by atoms with Crippen molar-refractivity contribution in [2.24, 2.45) is 7.05 Å². The lowest BCUT2D eigenvalue weighted by Gasteiger charge is -2.26. The lowest BCUT2D eigenvalue weighted by molar-refractivity contribution is 0.184. The second-order valence-electron chi connectivity index (χ2n) is 6.67. The molecule has 0 unspecified atom stereocenters. The van der Waals surface area contributed by atoms with Crippen molar-refractivity contribution in [3.8, 4) is 11.7 Å². The molecular formula is C18H20FN7O3. The van der Waals surface area contributed by atoms with Crippen LogP contribution in [-0.2, 0) is 7.05 Å². The molecule has 152 valence electrons. The SMILES string of the molecule is Cn1c(=O)c2nc(OCCN3CCNCC3)nnc2n(-c2ccc(F)cc2)c1=O. The number of hydrogen-bond donors (Lipinski definition) is 1. The summed E-state index contributed by atoms with van der Waals surface area (Å²) in [6.07, 6.45) is 0. The van der Waals surface area contributed by atoms with E-state index >= 15 is 0 Å². The summed E-state index contributed by atoms with van der Waals surface area (Å²) >= 11 is 0. The number of nitrogens with one attached hydrogen (secondary N) is 1. The smallest absolute Gasteiger partial charge is 0.337 e. The van der Waals surface area contributed by atoms with Crippen molar-refractivity contribution in [1.82, 2.24) is 34.5 Å². The molecule has 0 atom stereocenters. The van der Waals surface area contributed by atoms with Crippen molar-refractivity contribution in [2.75, 3.05) is 39.3 Å². The van der Waals surface area contributed by atoms with Gasteiger partial charge in [0.25, 0.3) is 5.56 Å². The maximum Gasteiger partial charge on any atom is 0.337 e. The minimum Gasteiger partial charge on any atom is -0.461 e. The summed E-state index contributed by atoms with van der Waals surface area (Å²) in [7, 11) is 1.34. The number of benzene rings is 1. The molecule has 3 heterocycles. The van der Waals surface area contributed by atoms with Crippen LogP contribution in [0.5, 0.6) is 6.01 Å². The van der Waals surface area contributed by atoms with Crippen molar-refractivity contribution in [3.05, 3.63) is 50.9 Å². The van der Waals surface area contributed by atoms with E-state index in [1.807, 2.05) is 0 Å². The van der Waals surface area contributed by atoms with Gasteiger partial charge in [-0.25, -0.2) is 13.8 Å². The van der Waals surface area contributed by atoms with Gasteiger partial charge in [-0.2, -0.15) is 4.98 Å². The zero-order valence-corrected chi connectivity index (χ0v) is 15.8. The van der Waals surface area contributed by atoms with Crippen molar-refractivity contribution >= 4 is 11.2 Å². The van der Waals surface area contributed by atoms with Crippen LogP contribution >= 0.6 is 0 Å². The highest BCUT2D eigenvalue weighted by atomic mass is 19.1. The Bertz CT molecular complexity index is 1140. The first kappa shape index (κ1) is 19.2. The van der Waals surface area contributed by atoms with Crippen LogP contribution in [0.4, 0.5) is 4.39 Å². The highest BCUT2D eigenvalue weighted by Crippen LogP contribution is 2.12. The summed E-state index contributed by atoms with van der Waals surface area (Å²) in [5.74, 6) is -0.444. The molecule has 1 fully saturated rings. The normalized spacial score (nSPS) is 15.0. The number of aromatic nitrogens is 5. The van der Waals surface area contributed by atoms with Gasteiger partial charge >= 0.3 is 11.7 Å². The maximum atomic E-state index is 13.3. The van der Waals surface area contributed by atoms with E-state index < -0.39 is 17.1 Å². The van der Waals surface area contributed by atoms with Gasteiger partial charge in [0.2, 0.25) is 0 Å². The molecule has 2 aromatic heterocycles. The van der Waals surface area contributed by atoms with Crippen LogP contribution in [-0.4, -0.2) is 68.5 Å². The average Bonchev–Trinajstić information content (AvgIpc) is 2.75. The predicted molar refractivity (Wildman–Crippen MR) is 103 cm³/mol. The first-order valence-corrected chi connectivity index (χ1v) is 9.23. The Morgan fingerprint density at radius 3 is 2.59 bits per heavy atom. The standard InChI is InChI=1S/C18H20FN7O3/c1-24-16(27)14-15(26(18(24)28)13-4-2-12(19)3-5-13)22-23-17(21-14)29-11-10-25-8-6-20-7-9-25/h2-5,20H,6-11H2,1H3. The van der Waals surface area contributed by atoms with Gasteiger partial charge in [0.15, 0.2) is 11.2 Å². The Labute approximate surface area is 164 Å². The zero-order chi connectivity index (χ0) is 20.4. The molecule has 0 spiro atoms. The number of piperazine rings is 1. The Kier molecular flexibility index (Phi) is 5.32. The van der Waals surface area contributed by atoms with Gasteiger partial charge in [-0.1, -0.05) is 5.10 Å². The molecule has 0 amide bonds. The highest BCUT2D eigenvalue weighted by Gasteiger charge is 2.17. The van der Waals surface area contributed by atoms with Crippen molar-refractivity contribution in [1.29, 1.82) is 0 Å². The largest absolute Gasteiger partial charge is 0.461 e. The third-order valence-electron chi connectivity index (χ3n) is 4.78. The minimum absolute atomic E-state index is 0.0147. The van der Waals surface area contributed by atoms with E-state index in [-0.39, 0.29) is 17.2 Å². The lowest BCUT2D eigenvalue weighted by Crippen LogP contribution is -2.44. The third-order valence-corrected chi connectivity index (χ3v) is 4.78. The fourth-order valence-corrected chi connectivity index (χ4v) is 3.17. The van der Waals surface area contributed by atoms with Crippen LogP contribution in [0.25, 0.3) is 16.9 Å². The number of nitrogens with zero attached hydrogens (tertiary/aromatic N) is 6. The second kappa shape index (κ2) is 8.05. The molecule has 0 bridgehead atoms. The van der Waals surface area contributed by atoms with Crippen LogP contribution in [0.2, 0.25) is 0 Å². The van der Waals surface area contributed by atoms with Gasteiger partial charge in [-0.3, -0.25) is 14.3 Å². The quantitative estimate of drug-likeness (QED) is 0.598. The van der Waals surface area contributed by atoms with Crippen LogP contribution in [0, 0.1) is 5.82 Å². The third kappa shape index (κ3) is 3.87. The molecule has 11 heteroatoms. The Hall–Kier alpha value is -3.18. The average molecular weight is 401 g/mol. The van der Waals surface area contributed by atoms with E-state index in [0.29, 0.717) is 18.8 Å². The molecule has 3 aromatic rings. The molecule has 1 aliphatic rings. The van der Waals surface area contributed by atoms with Crippen LogP contribution < -0.4 is 21.3 Å². The molecule has 1 saturated heterocycles. The fraction of sp³-hybridized carbons (Fsp3) is 0.389. The molecule has 1 aromatic carbocycles. The molecule has 0 aliphatic carbocycles. The molecule has 0 radical (unpaired) electrons. The van der Waals surface area contributed by atoms with E-state index in [0.717, 1.165) is 30.7 Å². The van der Waals surface area contributed by atoms with E-state index in [1.165, 1.54) is 35.9 Å². The summed E-state index contributed by atoms with van der Waals surface area (Å²) in [5, 5.41) is 11.2. The summed E-state index contributed by atoms with van der Waals surface area (Å²) in [6, 6.07) is 5.23. The van der Waals surface area contributed by atoms with Gasteiger partial charge < -0.3 is 10.1 Å². The van der Waals surface area contributed by atoms with E-state index in [2.05, 4.69) is 25.4 Å². The Balaban J connectivity index is 1.66. The maximum absolute atomic E-state index is 13.3. The summed E-state index contributed by atoms with van der Waals surface area (Å²) in [5.41, 5.74) is -0.953. The predicted octanol–water partition coefficient (Wildman–Crippen LogP) is -0.702. The van der Waals surface area contributed by atoms with Crippen molar-refractivity contribution in [2.45, 2.75) is 0 Å². The number of ether oxygens (including phenoxy) is 1. The molecular weight excluding hydrogens is 381 g/mol. The number of fused-ring (bicyclic) bond motifs is 1. The highest BCUT2D eigenvalue weighted by molar-refractivity contribution is 5.70. The Morgan fingerprint density at radius 1 is 1.14 bits per heavy atom. The van der Waals surface area contributed by atoms with E-state index in [9.17, 15) is 14.0 Å². The van der Waals surface area contributed by atoms with E-state index in [4.69, 9.17) is 4.74 Å². The van der Waals surface area contributed by atoms with E-state index in [1.54, 1.807) is 0 Å². The van der Waals surface area contributed by atoms with Gasteiger partial charge in [-0.15, -0.1) is 5.10 Å². The fourth-order valence-electron chi connectivity index (χ4n) is 3.17. The Morgan fingerprint density at radius 2 is 1.86 bits per heavy atom. The lowest BCUT2D eigenvalue weighted by atomic mass is 10.3. The molecule has 4 rings (SSSR count). The number of hydrogen-bond acceptors (Lipinski definition) is 8. The van der Waals surface area contributed by atoms with Gasteiger partial charge in [-0.05, 0) is 24.3 Å². The molecule has 1 aliphatic heterocycles. The van der Waals surface area contributed by atoms with Gasteiger partial charge in [0.1, 0.15) is 12.4 Å². The molecule has 0 saturated carbocycles. The van der Waals surface area contributed by atoms with Crippen LogP contribution in [0.3, 0.4) is 0 Å². The molecule has 29 heavy (non-hydrogen) atoms. The monoisotopic (exact) mass is 401 g/mol. The number of halogens is 1. The van der Waals surface area contributed by atoms with Crippen LogP contribution in [0.1, 0.15) is 0 Å². The minimum atomic E-state index is -0.627. The first-order chi connectivity index (χ1) is 14.0. The summed E-state index contributed by atoms with van der Waals surface area (Å²) in [6.45, 7) is 4.80. The number of rotatable bonds is 5. The topological polar surface area (TPSA) is 107 Å². The van der Waals surface area contributed by atoms with Gasteiger partial charge in [0, 0.05) is 39.8 Å².